The number of aryl methyl sites for hydroxylation is 2. The average molecular weight is 477 g/mol. The van der Waals surface area contributed by atoms with Crippen molar-refractivity contribution in [2.75, 3.05) is 0 Å². The van der Waals surface area contributed by atoms with Crippen LogP contribution in [0.25, 0.3) is 16.4 Å². The molecule has 34 heavy (non-hydrogen) atoms. The summed E-state index contributed by atoms with van der Waals surface area (Å²) >= 11 is 6.36. The fourth-order valence-corrected chi connectivity index (χ4v) is 4.40. The molecular formula is C23H21ClN8O2. The molecule has 0 fully saturated rings. The van der Waals surface area contributed by atoms with Crippen LogP contribution < -0.4 is 10.9 Å². The molecule has 5 aromatic rings. The molecule has 2 N–H and O–H groups in total. The summed E-state index contributed by atoms with van der Waals surface area (Å²) in [6.07, 6.45) is 5.24. The first-order valence-corrected chi connectivity index (χ1v) is 11.1. The molecule has 5 rings (SSSR count). The van der Waals surface area contributed by atoms with Crippen LogP contribution >= 0.6 is 11.6 Å². The molecule has 0 bridgehead atoms. The van der Waals surface area contributed by atoms with Gasteiger partial charge < -0.3 is 9.88 Å². The maximum absolute atomic E-state index is 13.5. The molecule has 172 valence electrons. The summed E-state index contributed by atoms with van der Waals surface area (Å²) in [5, 5.41) is 15.6. The van der Waals surface area contributed by atoms with Gasteiger partial charge in [0, 0.05) is 31.1 Å². The monoisotopic (exact) mass is 476 g/mol. The van der Waals surface area contributed by atoms with Crippen molar-refractivity contribution in [3.05, 3.63) is 87.2 Å². The largest absolute Gasteiger partial charge is 0.344 e. The van der Waals surface area contributed by atoms with Gasteiger partial charge in [0.2, 0.25) is 0 Å². The number of halogens is 1. The van der Waals surface area contributed by atoms with Crippen LogP contribution in [-0.2, 0) is 13.0 Å². The number of carbonyl (C=O) groups excluding carboxylic acids is 1. The van der Waals surface area contributed by atoms with E-state index < -0.39 is 6.04 Å². The number of H-pyrrole nitrogens is 1. The first kappa shape index (κ1) is 21.8. The van der Waals surface area contributed by atoms with E-state index in [2.05, 4.69) is 30.6 Å². The van der Waals surface area contributed by atoms with E-state index >= 15 is 0 Å². The second-order valence-electron chi connectivity index (χ2n) is 7.96. The number of amides is 1. The van der Waals surface area contributed by atoms with Crippen molar-refractivity contribution in [1.82, 2.24) is 39.7 Å². The Morgan fingerprint density at radius 2 is 2.12 bits per heavy atom. The first-order valence-electron chi connectivity index (χ1n) is 10.7. The molecule has 10 nitrogen and oxygen atoms in total. The fourth-order valence-electron chi connectivity index (χ4n) is 4.14. The lowest BCUT2D eigenvalue weighted by molar-refractivity contribution is 0.0939. The first-order chi connectivity index (χ1) is 16.4. The number of benzene rings is 1. The summed E-state index contributed by atoms with van der Waals surface area (Å²) in [6.45, 7) is 3.93. The number of hydrogen-bond acceptors (Lipinski definition) is 6. The quantitative estimate of drug-likeness (QED) is 0.388. The molecule has 1 aromatic carbocycles. The summed E-state index contributed by atoms with van der Waals surface area (Å²) < 4.78 is 3.20. The molecule has 4 heterocycles. The molecular weight excluding hydrogens is 456 g/mol. The zero-order valence-corrected chi connectivity index (χ0v) is 19.2. The van der Waals surface area contributed by atoms with Gasteiger partial charge in [0.05, 0.1) is 22.1 Å². The van der Waals surface area contributed by atoms with Crippen molar-refractivity contribution in [3.8, 4) is 0 Å². The predicted molar refractivity (Wildman–Crippen MR) is 127 cm³/mol. The van der Waals surface area contributed by atoms with Crippen molar-refractivity contribution < 1.29 is 4.79 Å². The number of pyridine rings is 1. The molecule has 0 saturated carbocycles. The van der Waals surface area contributed by atoms with Crippen LogP contribution in [0.2, 0.25) is 5.02 Å². The number of aromatic nitrogens is 7. The molecule has 0 unspecified atom stereocenters. The summed E-state index contributed by atoms with van der Waals surface area (Å²) in [7, 11) is 0. The minimum absolute atomic E-state index is 0.229. The van der Waals surface area contributed by atoms with Crippen LogP contribution in [0.1, 0.15) is 40.5 Å². The minimum atomic E-state index is -0.489. The van der Waals surface area contributed by atoms with Crippen LogP contribution in [0, 0.1) is 6.92 Å². The zero-order chi connectivity index (χ0) is 23.8. The normalized spacial score (nSPS) is 12.3. The predicted octanol–water partition coefficient (Wildman–Crippen LogP) is 2.86. The highest BCUT2D eigenvalue weighted by molar-refractivity contribution is 6.35. The van der Waals surface area contributed by atoms with E-state index in [0.717, 1.165) is 0 Å². The van der Waals surface area contributed by atoms with Gasteiger partial charge in [-0.1, -0.05) is 23.7 Å². The number of nitrogens with zero attached hydrogens (tertiary/aromatic N) is 6. The smallest absolute Gasteiger partial charge is 0.260 e. The number of fused-ring (bicyclic) bond motifs is 2. The van der Waals surface area contributed by atoms with E-state index in [1.807, 2.05) is 19.1 Å². The van der Waals surface area contributed by atoms with Crippen LogP contribution in [0.4, 0.5) is 0 Å². The van der Waals surface area contributed by atoms with Gasteiger partial charge in [-0.25, -0.2) is 14.5 Å². The Morgan fingerprint density at radius 1 is 1.26 bits per heavy atom. The van der Waals surface area contributed by atoms with E-state index in [9.17, 15) is 9.59 Å². The lowest BCUT2D eigenvalue weighted by Gasteiger charge is -2.21. The Hall–Kier alpha value is -4.05. The highest BCUT2D eigenvalue weighted by Crippen LogP contribution is 2.24. The summed E-state index contributed by atoms with van der Waals surface area (Å²) in [5.74, 6) is 0.334. The Kier molecular flexibility index (Phi) is 5.58. The van der Waals surface area contributed by atoms with E-state index in [-0.39, 0.29) is 11.5 Å². The standard InChI is InChI=1S/C23H21ClN8O2/c1-13(28-22(33)19-14(2)30-32-9-4-8-25-21(19)32)17-11-15-5-3-6-16(24)20(15)23(34)31(17)10-7-18-26-12-27-29-18/h3-6,8-9,11-13H,7,10H2,1-2H3,(H,28,33)(H,26,27,29)/t13-/m0/s1. The number of hydrogen-bond donors (Lipinski definition) is 2. The Balaban J connectivity index is 1.54. The Morgan fingerprint density at radius 3 is 2.91 bits per heavy atom. The van der Waals surface area contributed by atoms with Gasteiger partial charge in [-0.05, 0) is 37.4 Å². The molecule has 0 spiro atoms. The molecule has 1 atom stereocenters. The zero-order valence-electron chi connectivity index (χ0n) is 18.5. The third-order valence-corrected chi connectivity index (χ3v) is 6.06. The summed E-state index contributed by atoms with van der Waals surface area (Å²) in [5.41, 5.74) is 1.85. The van der Waals surface area contributed by atoms with Crippen LogP contribution in [0.15, 0.2) is 53.8 Å². The third-order valence-electron chi connectivity index (χ3n) is 5.75. The van der Waals surface area contributed by atoms with Gasteiger partial charge in [0.15, 0.2) is 5.65 Å². The van der Waals surface area contributed by atoms with Crippen molar-refractivity contribution in [3.63, 3.8) is 0 Å². The number of aromatic amines is 1. The van der Waals surface area contributed by atoms with Crippen molar-refractivity contribution in [2.45, 2.75) is 32.9 Å². The topological polar surface area (TPSA) is 123 Å². The maximum Gasteiger partial charge on any atom is 0.260 e. The van der Waals surface area contributed by atoms with E-state index in [1.165, 1.54) is 6.33 Å². The lowest BCUT2D eigenvalue weighted by atomic mass is 10.1. The SMILES string of the molecule is Cc1nn2cccnc2c1C(=O)N[C@@H](C)c1cc2cccc(Cl)c2c(=O)n1CCc1ncn[nH]1. The van der Waals surface area contributed by atoms with Gasteiger partial charge in [0.25, 0.3) is 11.5 Å². The van der Waals surface area contributed by atoms with Gasteiger partial charge in [-0.3, -0.25) is 14.7 Å². The highest BCUT2D eigenvalue weighted by Gasteiger charge is 2.23. The molecule has 0 aliphatic rings. The minimum Gasteiger partial charge on any atom is -0.344 e. The van der Waals surface area contributed by atoms with Gasteiger partial charge >= 0.3 is 0 Å². The molecule has 1 amide bonds. The highest BCUT2D eigenvalue weighted by atomic mass is 35.5. The van der Waals surface area contributed by atoms with Crippen LogP contribution in [0.5, 0.6) is 0 Å². The summed E-state index contributed by atoms with van der Waals surface area (Å²) in [4.78, 5) is 35.2. The number of nitrogens with one attached hydrogen (secondary N) is 2. The van der Waals surface area contributed by atoms with E-state index in [0.29, 0.717) is 57.2 Å². The fraction of sp³-hybridized carbons (Fsp3) is 0.217. The van der Waals surface area contributed by atoms with Crippen molar-refractivity contribution >= 4 is 33.9 Å². The molecule has 0 saturated heterocycles. The van der Waals surface area contributed by atoms with Crippen LogP contribution in [0.3, 0.4) is 0 Å². The van der Waals surface area contributed by atoms with Gasteiger partial charge in [-0.2, -0.15) is 10.2 Å². The molecule has 4 aromatic heterocycles. The second kappa shape index (κ2) is 8.71. The average Bonchev–Trinajstić information content (AvgIpc) is 3.44. The number of carbonyl (C=O) groups is 1. The van der Waals surface area contributed by atoms with Gasteiger partial charge in [-0.15, -0.1) is 0 Å². The molecule has 0 radical (unpaired) electrons. The molecule has 0 aliphatic heterocycles. The molecule has 11 heteroatoms. The van der Waals surface area contributed by atoms with E-state index in [1.54, 1.807) is 46.6 Å². The Bertz CT molecular complexity index is 1570. The Labute approximate surface area is 198 Å². The van der Waals surface area contributed by atoms with Crippen LogP contribution in [-0.4, -0.2) is 40.3 Å². The lowest BCUT2D eigenvalue weighted by Crippen LogP contribution is -2.33. The number of rotatable bonds is 6. The molecule has 0 aliphatic carbocycles. The van der Waals surface area contributed by atoms with Crippen molar-refractivity contribution in [1.29, 1.82) is 0 Å². The maximum atomic E-state index is 13.5. The van der Waals surface area contributed by atoms with Gasteiger partial charge in [0.1, 0.15) is 17.7 Å². The summed E-state index contributed by atoms with van der Waals surface area (Å²) in [6, 6.07) is 8.46. The second-order valence-corrected chi connectivity index (χ2v) is 8.36. The van der Waals surface area contributed by atoms with Crippen molar-refractivity contribution in [2.24, 2.45) is 0 Å². The third kappa shape index (κ3) is 3.81. The van der Waals surface area contributed by atoms with E-state index in [4.69, 9.17) is 11.6 Å².